The van der Waals surface area contributed by atoms with E-state index < -0.39 is 30.2 Å². The summed E-state index contributed by atoms with van der Waals surface area (Å²) in [6.07, 6.45) is -2.09. The highest BCUT2D eigenvalue weighted by Crippen LogP contribution is 2.30. The van der Waals surface area contributed by atoms with Crippen molar-refractivity contribution in [1.29, 1.82) is 0 Å². The Morgan fingerprint density at radius 1 is 1.18 bits per heavy atom. The van der Waals surface area contributed by atoms with E-state index in [4.69, 9.17) is 9.47 Å². The van der Waals surface area contributed by atoms with Gasteiger partial charge in [-0.2, -0.15) is 13.2 Å². The minimum Gasteiger partial charge on any atom is -0.504 e. The van der Waals surface area contributed by atoms with Crippen molar-refractivity contribution in [3.8, 4) is 11.5 Å². The van der Waals surface area contributed by atoms with E-state index >= 15 is 0 Å². The second-order valence-electron chi connectivity index (χ2n) is 5.50. The first kappa shape index (κ1) is 20.8. The molecule has 0 unspecified atom stereocenters. The largest absolute Gasteiger partial charge is 0.504 e. The van der Waals surface area contributed by atoms with Crippen molar-refractivity contribution in [3.05, 3.63) is 59.7 Å². The lowest BCUT2D eigenvalue weighted by Crippen LogP contribution is -2.20. The van der Waals surface area contributed by atoms with Crippen LogP contribution < -0.4 is 10.1 Å². The van der Waals surface area contributed by atoms with Crippen LogP contribution in [0.4, 0.5) is 18.9 Å². The number of anilines is 1. The number of phenolic OH excluding ortho intramolecular Hbond substituents is 1. The third kappa shape index (κ3) is 6.04. The normalized spacial score (nSPS) is 11.3. The fraction of sp³-hybridized carbons (Fsp3) is 0.158. The van der Waals surface area contributed by atoms with Crippen LogP contribution in [0.1, 0.15) is 11.1 Å². The summed E-state index contributed by atoms with van der Waals surface area (Å²) in [5.41, 5.74) is -0.433. The van der Waals surface area contributed by atoms with Crippen molar-refractivity contribution in [1.82, 2.24) is 0 Å². The molecule has 2 N–H and O–H groups in total. The summed E-state index contributed by atoms with van der Waals surface area (Å²) < 4.78 is 47.6. The highest BCUT2D eigenvalue weighted by molar-refractivity contribution is 5.94. The molecule has 6 nitrogen and oxygen atoms in total. The number of carbonyl (C=O) groups excluding carboxylic acids is 2. The van der Waals surface area contributed by atoms with Gasteiger partial charge in [0.1, 0.15) is 0 Å². The summed E-state index contributed by atoms with van der Waals surface area (Å²) >= 11 is 0. The summed E-state index contributed by atoms with van der Waals surface area (Å²) in [5.74, 6) is -1.46. The van der Waals surface area contributed by atoms with Gasteiger partial charge in [0.05, 0.1) is 12.7 Å². The lowest BCUT2D eigenvalue weighted by atomic mass is 10.2. The molecule has 0 spiro atoms. The second-order valence-corrected chi connectivity index (χ2v) is 5.50. The first-order valence-electron chi connectivity index (χ1n) is 7.88. The maximum Gasteiger partial charge on any atom is 0.416 e. The number of carbonyl (C=O) groups is 2. The number of nitrogens with one attached hydrogen (secondary N) is 1. The number of hydrogen-bond acceptors (Lipinski definition) is 5. The zero-order valence-electron chi connectivity index (χ0n) is 14.6. The van der Waals surface area contributed by atoms with Crippen molar-refractivity contribution in [2.24, 2.45) is 0 Å². The number of esters is 1. The zero-order valence-corrected chi connectivity index (χ0v) is 14.6. The van der Waals surface area contributed by atoms with E-state index in [1.165, 1.54) is 37.5 Å². The number of ether oxygens (including phenoxy) is 2. The molecule has 0 saturated carbocycles. The minimum atomic E-state index is -4.53. The van der Waals surface area contributed by atoms with Crippen LogP contribution in [0.2, 0.25) is 0 Å². The Balaban J connectivity index is 1.88. The molecule has 2 aromatic carbocycles. The van der Waals surface area contributed by atoms with E-state index in [0.29, 0.717) is 5.56 Å². The summed E-state index contributed by atoms with van der Waals surface area (Å²) in [5, 5.41) is 11.7. The molecule has 0 heterocycles. The average molecular weight is 395 g/mol. The van der Waals surface area contributed by atoms with Crippen molar-refractivity contribution in [2.45, 2.75) is 6.18 Å². The number of methoxy groups -OCH3 is 1. The van der Waals surface area contributed by atoms with E-state index in [1.54, 1.807) is 0 Å². The molecule has 0 aliphatic heterocycles. The van der Waals surface area contributed by atoms with E-state index in [1.807, 2.05) is 0 Å². The fourth-order valence-electron chi connectivity index (χ4n) is 2.12. The summed E-state index contributed by atoms with van der Waals surface area (Å²) in [7, 11) is 1.37. The van der Waals surface area contributed by atoms with Crippen molar-refractivity contribution < 1.29 is 37.3 Å². The van der Waals surface area contributed by atoms with Crippen molar-refractivity contribution >= 4 is 23.6 Å². The van der Waals surface area contributed by atoms with Crippen LogP contribution in [-0.4, -0.2) is 30.7 Å². The Bertz CT molecular complexity index is 893. The maximum atomic E-state index is 12.6. The van der Waals surface area contributed by atoms with Crippen LogP contribution >= 0.6 is 0 Å². The second kappa shape index (κ2) is 8.94. The van der Waals surface area contributed by atoms with E-state index in [-0.39, 0.29) is 17.2 Å². The zero-order chi connectivity index (χ0) is 20.7. The van der Waals surface area contributed by atoms with Gasteiger partial charge in [0.25, 0.3) is 5.91 Å². The Kier molecular flexibility index (Phi) is 6.64. The van der Waals surface area contributed by atoms with Crippen LogP contribution in [0.15, 0.2) is 48.5 Å². The quantitative estimate of drug-likeness (QED) is 0.577. The molecule has 0 radical (unpaired) electrons. The minimum absolute atomic E-state index is 0.0616. The number of benzene rings is 2. The number of alkyl halides is 3. The third-order valence-corrected chi connectivity index (χ3v) is 3.43. The van der Waals surface area contributed by atoms with Gasteiger partial charge >= 0.3 is 12.1 Å². The van der Waals surface area contributed by atoms with E-state index in [2.05, 4.69) is 5.32 Å². The number of hydrogen-bond donors (Lipinski definition) is 2. The van der Waals surface area contributed by atoms with E-state index in [0.717, 1.165) is 24.3 Å². The van der Waals surface area contributed by atoms with Gasteiger partial charge in [-0.25, -0.2) is 4.79 Å². The molecular formula is C19H16F3NO5. The molecule has 0 aliphatic rings. The molecule has 0 aromatic heterocycles. The first-order valence-corrected chi connectivity index (χ1v) is 7.88. The summed E-state index contributed by atoms with van der Waals surface area (Å²) in [4.78, 5) is 23.4. The van der Waals surface area contributed by atoms with Gasteiger partial charge in [0.15, 0.2) is 18.1 Å². The average Bonchev–Trinajstić information content (AvgIpc) is 2.65. The molecule has 0 bridgehead atoms. The maximum absolute atomic E-state index is 12.6. The SMILES string of the molecule is COc1cc(/C=C/C(=O)OCC(=O)Nc2cccc(C(F)(F)F)c2)ccc1O. The molecule has 148 valence electrons. The smallest absolute Gasteiger partial charge is 0.416 e. The Morgan fingerprint density at radius 2 is 1.93 bits per heavy atom. The lowest BCUT2D eigenvalue weighted by molar-refractivity contribution is -0.142. The Labute approximate surface area is 158 Å². The summed E-state index contributed by atoms with van der Waals surface area (Å²) in [6, 6.07) is 8.48. The molecule has 9 heteroatoms. The van der Waals surface area contributed by atoms with Crippen LogP contribution in [0.25, 0.3) is 6.08 Å². The van der Waals surface area contributed by atoms with Gasteiger partial charge in [-0.15, -0.1) is 0 Å². The number of rotatable bonds is 6. The van der Waals surface area contributed by atoms with Gasteiger partial charge in [-0.05, 0) is 42.0 Å². The molecule has 0 atom stereocenters. The first-order chi connectivity index (χ1) is 13.2. The number of aromatic hydroxyl groups is 1. The number of halogens is 3. The highest BCUT2D eigenvalue weighted by Gasteiger charge is 2.30. The molecule has 1 amide bonds. The van der Waals surface area contributed by atoms with Crippen LogP contribution in [0, 0.1) is 0 Å². The Hall–Kier alpha value is -3.49. The predicted molar refractivity (Wildman–Crippen MR) is 94.7 cm³/mol. The van der Waals surface area contributed by atoms with E-state index in [9.17, 15) is 27.9 Å². The molecule has 28 heavy (non-hydrogen) atoms. The van der Waals surface area contributed by atoms with Crippen LogP contribution in [-0.2, 0) is 20.5 Å². The standard InChI is InChI=1S/C19H16F3NO5/c1-27-16-9-12(5-7-15(16)24)6-8-18(26)28-11-17(25)23-14-4-2-3-13(10-14)19(20,21)22/h2-10,24H,11H2,1H3,(H,23,25)/b8-6+. The Morgan fingerprint density at radius 3 is 2.61 bits per heavy atom. The fourth-order valence-corrected chi connectivity index (χ4v) is 2.12. The lowest BCUT2D eigenvalue weighted by Gasteiger charge is -2.09. The predicted octanol–water partition coefficient (Wildman–Crippen LogP) is 3.61. The summed E-state index contributed by atoms with van der Waals surface area (Å²) in [6.45, 7) is -0.668. The third-order valence-electron chi connectivity index (χ3n) is 3.43. The van der Waals surface area contributed by atoms with Gasteiger partial charge < -0.3 is 19.9 Å². The molecule has 0 saturated heterocycles. The van der Waals surface area contributed by atoms with Crippen LogP contribution in [0.3, 0.4) is 0 Å². The highest BCUT2D eigenvalue weighted by atomic mass is 19.4. The number of amides is 1. The van der Waals surface area contributed by atoms with Gasteiger partial charge in [0.2, 0.25) is 0 Å². The van der Waals surface area contributed by atoms with Crippen LogP contribution in [0.5, 0.6) is 11.5 Å². The molecule has 2 aromatic rings. The van der Waals surface area contributed by atoms with Crippen molar-refractivity contribution in [3.63, 3.8) is 0 Å². The van der Waals surface area contributed by atoms with Gasteiger partial charge in [-0.3, -0.25) is 4.79 Å². The molecule has 2 rings (SSSR count). The van der Waals surface area contributed by atoms with Crippen molar-refractivity contribution in [2.75, 3.05) is 19.0 Å². The molecule has 0 fully saturated rings. The monoisotopic (exact) mass is 395 g/mol. The van der Waals surface area contributed by atoms with Gasteiger partial charge in [0, 0.05) is 11.8 Å². The number of phenols is 1. The molecular weight excluding hydrogens is 379 g/mol. The topological polar surface area (TPSA) is 84.9 Å². The molecule has 0 aliphatic carbocycles. The van der Waals surface area contributed by atoms with Gasteiger partial charge in [-0.1, -0.05) is 12.1 Å².